The summed E-state index contributed by atoms with van der Waals surface area (Å²) in [5, 5.41) is 10.7. The second-order valence-electron chi connectivity index (χ2n) is 8.44. The van der Waals surface area contributed by atoms with E-state index in [9.17, 15) is 9.90 Å². The highest BCUT2D eigenvalue weighted by Gasteiger charge is 2.27. The van der Waals surface area contributed by atoms with Crippen LogP contribution >= 0.6 is 0 Å². The van der Waals surface area contributed by atoms with Crippen molar-refractivity contribution in [2.45, 2.75) is 52.4 Å². The molecule has 0 heterocycles. The van der Waals surface area contributed by atoms with Gasteiger partial charge in [-0.1, -0.05) is 59.7 Å². The van der Waals surface area contributed by atoms with Crippen LogP contribution in [0.2, 0.25) is 0 Å². The van der Waals surface area contributed by atoms with Crippen LogP contribution in [0.3, 0.4) is 0 Å². The molecule has 0 amide bonds. The highest BCUT2D eigenvalue weighted by molar-refractivity contribution is 5.98. The number of benzene rings is 2. The number of carbonyl (C=O) groups excluding carboxylic acids is 1. The molecule has 0 saturated carbocycles. The van der Waals surface area contributed by atoms with E-state index in [-0.39, 0.29) is 29.0 Å². The normalized spacial score (nSPS) is 12.1. The number of ether oxygens (including phenoxy) is 1. The van der Waals surface area contributed by atoms with E-state index in [1.165, 1.54) is 0 Å². The van der Waals surface area contributed by atoms with Crippen molar-refractivity contribution in [2.24, 2.45) is 0 Å². The Morgan fingerprint density at radius 2 is 1.40 bits per heavy atom. The predicted octanol–water partition coefficient (Wildman–Crippen LogP) is 5.25. The van der Waals surface area contributed by atoms with Crippen molar-refractivity contribution in [3.63, 3.8) is 0 Å². The standard InChI is InChI=1S/C22H28O3/c1-21(2,3)17-12-15(13-18(20(17)24)22(4,5)6)19(23)14-25-16-10-8-7-9-11-16/h7-13,24H,14H2,1-6H3. The van der Waals surface area contributed by atoms with Crippen LogP contribution in [0.1, 0.15) is 63.0 Å². The minimum absolute atomic E-state index is 0.0258. The molecule has 0 aromatic heterocycles. The van der Waals surface area contributed by atoms with Crippen molar-refractivity contribution in [3.05, 3.63) is 59.2 Å². The van der Waals surface area contributed by atoms with Crippen LogP contribution in [0, 0.1) is 0 Å². The van der Waals surface area contributed by atoms with Crippen molar-refractivity contribution < 1.29 is 14.6 Å². The summed E-state index contributed by atoms with van der Waals surface area (Å²) in [6.07, 6.45) is 0. The number of phenols is 1. The maximum Gasteiger partial charge on any atom is 0.200 e. The zero-order chi connectivity index (χ0) is 18.8. The van der Waals surface area contributed by atoms with Crippen LogP contribution in [0.25, 0.3) is 0 Å². The van der Waals surface area contributed by atoms with Crippen LogP contribution < -0.4 is 4.74 Å². The quantitative estimate of drug-likeness (QED) is 0.773. The van der Waals surface area contributed by atoms with E-state index < -0.39 is 0 Å². The molecule has 2 rings (SSSR count). The van der Waals surface area contributed by atoms with Crippen molar-refractivity contribution in [1.29, 1.82) is 0 Å². The zero-order valence-electron chi connectivity index (χ0n) is 16.0. The molecule has 0 radical (unpaired) electrons. The Labute approximate surface area is 150 Å². The molecule has 0 aliphatic heterocycles. The van der Waals surface area contributed by atoms with E-state index in [1.807, 2.05) is 71.9 Å². The number of ketones is 1. The number of aromatic hydroxyl groups is 1. The highest BCUT2D eigenvalue weighted by atomic mass is 16.5. The third-order valence-electron chi connectivity index (χ3n) is 4.16. The van der Waals surface area contributed by atoms with E-state index >= 15 is 0 Å². The first-order valence-corrected chi connectivity index (χ1v) is 8.59. The van der Waals surface area contributed by atoms with Gasteiger partial charge in [0.25, 0.3) is 0 Å². The minimum atomic E-state index is -0.263. The average molecular weight is 340 g/mol. The molecule has 0 saturated heterocycles. The summed E-state index contributed by atoms with van der Waals surface area (Å²) in [6.45, 7) is 12.2. The molecule has 0 atom stereocenters. The van der Waals surface area contributed by atoms with Gasteiger partial charge < -0.3 is 9.84 Å². The van der Waals surface area contributed by atoms with Gasteiger partial charge in [0.1, 0.15) is 11.5 Å². The van der Waals surface area contributed by atoms with Crippen molar-refractivity contribution in [2.75, 3.05) is 6.61 Å². The Bertz CT molecular complexity index is 712. The van der Waals surface area contributed by atoms with Crippen LogP contribution in [0.5, 0.6) is 11.5 Å². The summed E-state index contributed by atoms with van der Waals surface area (Å²) in [5.41, 5.74) is 1.61. The first kappa shape index (κ1) is 19.0. The number of Topliss-reactive ketones (excluding diaryl/α,β-unsaturated/α-hetero) is 1. The van der Waals surface area contributed by atoms with Crippen LogP contribution in [0.4, 0.5) is 0 Å². The number of carbonyl (C=O) groups is 1. The van der Waals surface area contributed by atoms with Gasteiger partial charge >= 0.3 is 0 Å². The fourth-order valence-electron chi connectivity index (χ4n) is 2.69. The molecule has 3 nitrogen and oxygen atoms in total. The first-order valence-electron chi connectivity index (χ1n) is 8.59. The summed E-state index contributed by atoms with van der Waals surface area (Å²) in [7, 11) is 0. The predicted molar refractivity (Wildman–Crippen MR) is 102 cm³/mol. The molecule has 2 aromatic carbocycles. The van der Waals surface area contributed by atoms with Gasteiger partial charge in [-0.05, 0) is 35.1 Å². The van der Waals surface area contributed by atoms with Crippen LogP contribution in [-0.4, -0.2) is 17.5 Å². The number of hydrogen-bond donors (Lipinski definition) is 1. The molecule has 0 aliphatic rings. The maximum absolute atomic E-state index is 12.7. The minimum Gasteiger partial charge on any atom is -0.507 e. The Morgan fingerprint density at radius 1 is 0.920 bits per heavy atom. The van der Waals surface area contributed by atoms with Gasteiger partial charge in [0.15, 0.2) is 12.4 Å². The Hall–Kier alpha value is -2.29. The second kappa shape index (κ2) is 6.91. The number of para-hydroxylation sites is 1. The van der Waals surface area contributed by atoms with Gasteiger partial charge in [0, 0.05) is 16.7 Å². The molecular weight excluding hydrogens is 312 g/mol. The molecule has 1 N–H and O–H groups in total. The summed E-state index contributed by atoms with van der Waals surface area (Å²) >= 11 is 0. The van der Waals surface area contributed by atoms with E-state index in [4.69, 9.17) is 4.74 Å². The summed E-state index contributed by atoms with van der Waals surface area (Å²) in [4.78, 5) is 12.7. The Kier molecular flexibility index (Phi) is 5.26. The second-order valence-corrected chi connectivity index (χ2v) is 8.44. The lowest BCUT2D eigenvalue weighted by Gasteiger charge is -2.28. The summed E-state index contributed by atoms with van der Waals surface area (Å²) in [6, 6.07) is 12.9. The highest BCUT2D eigenvalue weighted by Crippen LogP contribution is 2.39. The third kappa shape index (κ3) is 4.62. The van der Waals surface area contributed by atoms with Crippen molar-refractivity contribution >= 4 is 5.78 Å². The van der Waals surface area contributed by atoms with Crippen molar-refractivity contribution in [1.82, 2.24) is 0 Å². The van der Waals surface area contributed by atoms with E-state index in [0.29, 0.717) is 11.3 Å². The Balaban J connectivity index is 2.38. The number of rotatable bonds is 4. The SMILES string of the molecule is CC(C)(C)c1cc(C(=O)COc2ccccc2)cc(C(C)(C)C)c1O. The average Bonchev–Trinajstić information content (AvgIpc) is 2.51. The lowest BCUT2D eigenvalue weighted by molar-refractivity contribution is 0.0921. The third-order valence-corrected chi connectivity index (χ3v) is 4.16. The lowest BCUT2D eigenvalue weighted by Crippen LogP contribution is -2.20. The van der Waals surface area contributed by atoms with Gasteiger partial charge in [0.2, 0.25) is 0 Å². The monoisotopic (exact) mass is 340 g/mol. The topological polar surface area (TPSA) is 46.5 Å². The van der Waals surface area contributed by atoms with Gasteiger partial charge in [-0.15, -0.1) is 0 Å². The molecule has 134 valence electrons. The fraction of sp³-hybridized carbons (Fsp3) is 0.409. The summed E-state index contributed by atoms with van der Waals surface area (Å²) < 4.78 is 5.59. The van der Waals surface area contributed by atoms with Gasteiger partial charge in [-0.2, -0.15) is 0 Å². The molecule has 0 bridgehead atoms. The van der Waals surface area contributed by atoms with Gasteiger partial charge in [-0.25, -0.2) is 0 Å². The molecule has 25 heavy (non-hydrogen) atoms. The van der Waals surface area contributed by atoms with Crippen molar-refractivity contribution in [3.8, 4) is 11.5 Å². The largest absolute Gasteiger partial charge is 0.507 e. The first-order chi connectivity index (χ1) is 11.5. The lowest BCUT2D eigenvalue weighted by atomic mass is 9.78. The summed E-state index contributed by atoms with van der Waals surface area (Å²) in [5.74, 6) is 0.849. The molecule has 3 heteroatoms. The fourth-order valence-corrected chi connectivity index (χ4v) is 2.69. The number of phenolic OH excluding ortho intramolecular Hbond substituents is 1. The smallest absolute Gasteiger partial charge is 0.200 e. The van der Waals surface area contributed by atoms with Crippen LogP contribution in [0.15, 0.2) is 42.5 Å². The van der Waals surface area contributed by atoms with E-state index in [0.717, 1.165) is 11.1 Å². The molecule has 0 fully saturated rings. The molecule has 0 aliphatic carbocycles. The maximum atomic E-state index is 12.7. The van der Waals surface area contributed by atoms with Gasteiger partial charge in [-0.3, -0.25) is 4.79 Å². The molecule has 0 spiro atoms. The molecular formula is C22H28O3. The Morgan fingerprint density at radius 3 is 1.84 bits per heavy atom. The molecule has 2 aromatic rings. The zero-order valence-corrected chi connectivity index (χ0v) is 16.0. The van der Waals surface area contributed by atoms with E-state index in [1.54, 1.807) is 12.1 Å². The van der Waals surface area contributed by atoms with Gasteiger partial charge in [0.05, 0.1) is 0 Å². The van der Waals surface area contributed by atoms with Crippen LogP contribution in [-0.2, 0) is 10.8 Å². The van der Waals surface area contributed by atoms with E-state index in [2.05, 4.69) is 0 Å². The molecule has 0 unspecified atom stereocenters. The number of hydrogen-bond acceptors (Lipinski definition) is 3.